The molecule has 0 radical (unpaired) electrons. The summed E-state index contributed by atoms with van der Waals surface area (Å²) < 4.78 is 28.5. The van der Waals surface area contributed by atoms with Gasteiger partial charge in [-0.25, -0.2) is 0 Å². The number of nitrogens with one attached hydrogen (secondary N) is 1. The first-order valence-electron chi connectivity index (χ1n) is 11.1. The topological polar surface area (TPSA) is 95.5 Å². The minimum absolute atomic E-state index is 0.113. The number of aliphatic hydroxyl groups excluding tert-OH is 1. The third-order valence-electron chi connectivity index (χ3n) is 6.17. The second-order valence-corrected chi connectivity index (χ2v) is 8.29. The number of carbonyl (C=O) groups is 1. The minimum atomic E-state index is -0.926. The maximum atomic E-state index is 12.1. The van der Waals surface area contributed by atoms with Crippen LogP contribution in [0.15, 0.2) is 35.6 Å². The molecule has 1 saturated heterocycles. The molecular formula is C25H31NO7. The molecule has 0 bridgehead atoms. The highest BCUT2D eigenvalue weighted by atomic mass is 16.6. The standard InChI is InChI=1S/C25H31NO7/c1-14(27)26-19-7-5-15-11-22(29-2)24(30-3)25(31-4)23(15)17-6-8-20(28)21(12-18(17)19)33-16-9-10-32-13-16/h6,8,11-12,16,19-20,28H,5,7,9-10,13H2,1-4H3,(H,26,27)/t16-,19+,20+/m1/s1. The van der Waals surface area contributed by atoms with Crippen LogP contribution in [0.5, 0.6) is 17.2 Å². The van der Waals surface area contributed by atoms with Crippen LogP contribution in [-0.2, 0) is 20.7 Å². The van der Waals surface area contributed by atoms with E-state index < -0.39 is 6.10 Å². The molecule has 1 fully saturated rings. The highest BCUT2D eigenvalue weighted by molar-refractivity contribution is 5.88. The molecule has 0 aromatic heterocycles. The lowest BCUT2D eigenvalue weighted by molar-refractivity contribution is -0.119. The number of fused-ring (bicyclic) bond motifs is 2. The van der Waals surface area contributed by atoms with Crippen molar-refractivity contribution in [1.29, 1.82) is 0 Å². The van der Waals surface area contributed by atoms with Gasteiger partial charge >= 0.3 is 0 Å². The second kappa shape index (κ2) is 9.89. The average molecular weight is 458 g/mol. The van der Waals surface area contributed by atoms with E-state index in [2.05, 4.69) is 5.32 Å². The summed E-state index contributed by atoms with van der Waals surface area (Å²) in [7, 11) is 4.75. The molecule has 8 heteroatoms. The number of hydrogen-bond donors (Lipinski definition) is 2. The average Bonchev–Trinajstić information content (AvgIpc) is 3.21. The fourth-order valence-electron chi connectivity index (χ4n) is 4.66. The molecule has 2 N–H and O–H groups in total. The number of benzene rings is 1. The van der Waals surface area contributed by atoms with Crippen LogP contribution in [0.4, 0.5) is 0 Å². The monoisotopic (exact) mass is 457 g/mol. The summed E-state index contributed by atoms with van der Waals surface area (Å²) in [4.78, 5) is 12.1. The van der Waals surface area contributed by atoms with E-state index in [0.29, 0.717) is 49.1 Å². The Labute approximate surface area is 193 Å². The smallest absolute Gasteiger partial charge is 0.217 e. The molecule has 0 saturated carbocycles. The molecular weight excluding hydrogens is 426 g/mol. The molecule has 8 nitrogen and oxygen atoms in total. The molecule has 1 aromatic carbocycles. The van der Waals surface area contributed by atoms with Crippen molar-refractivity contribution in [2.75, 3.05) is 34.5 Å². The van der Waals surface area contributed by atoms with Crippen LogP contribution in [0.2, 0.25) is 0 Å². The zero-order chi connectivity index (χ0) is 23.5. The summed E-state index contributed by atoms with van der Waals surface area (Å²) in [5.41, 5.74) is 3.53. The van der Waals surface area contributed by atoms with Gasteiger partial charge in [-0.2, -0.15) is 0 Å². The molecule has 178 valence electrons. The van der Waals surface area contributed by atoms with Crippen LogP contribution < -0.4 is 19.5 Å². The first-order chi connectivity index (χ1) is 16.0. The number of aliphatic hydroxyl groups is 1. The van der Waals surface area contributed by atoms with E-state index in [-0.39, 0.29) is 18.1 Å². The Kier molecular flexibility index (Phi) is 6.95. The summed E-state index contributed by atoms with van der Waals surface area (Å²) in [5.74, 6) is 1.92. The van der Waals surface area contributed by atoms with Gasteiger partial charge in [0.25, 0.3) is 0 Å². The van der Waals surface area contributed by atoms with E-state index in [9.17, 15) is 9.90 Å². The van der Waals surface area contributed by atoms with Crippen LogP contribution in [0, 0.1) is 0 Å². The predicted molar refractivity (Wildman–Crippen MR) is 122 cm³/mol. The fourth-order valence-corrected chi connectivity index (χ4v) is 4.66. The van der Waals surface area contributed by atoms with Crippen LogP contribution in [-0.4, -0.2) is 63.8 Å². The summed E-state index contributed by atoms with van der Waals surface area (Å²) in [6.45, 7) is 2.63. The Morgan fingerprint density at radius 2 is 1.94 bits per heavy atom. The van der Waals surface area contributed by atoms with E-state index in [1.54, 1.807) is 27.4 Å². The third kappa shape index (κ3) is 4.58. The Bertz CT molecular complexity index is 1000. The van der Waals surface area contributed by atoms with Gasteiger partial charge in [0.15, 0.2) is 11.5 Å². The molecule has 2 aliphatic carbocycles. The number of allylic oxidation sites excluding steroid dienone is 2. The molecule has 4 rings (SSSR count). The van der Waals surface area contributed by atoms with Crippen LogP contribution in [0.25, 0.3) is 5.57 Å². The summed E-state index contributed by atoms with van der Waals surface area (Å²) in [6.07, 6.45) is 6.48. The lowest BCUT2D eigenvalue weighted by Crippen LogP contribution is -2.34. The van der Waals surface area contributed by atoms with Gasteiger partial charge in [0.1, 0.15) is 18.0 Å². The van der Waals surface area contributed by atoms with Crippen molar-refractivity contribution in [2.45, 2.75) is 44.4 Å². The fraction of sp³-hybridized carbons (Fsp3) is 0.480. The van der Waals surface area contributed by atoms with Crippen molar-refractivity contribution in [3.8, 4) is 17.2 Å². The number of methoxy groups -OCH3 is 3. The quantitative estimate of drug-likeness (QED) is 0.678. The minimum Gasteiger partial charge on any atom is -0.493 e. The van der Waals surface area contributed by atoms with Gasteiger partial charge in [0, 0.05) is 18.9 Å². The number of rotatable bonds is 6. The molecule has 0 unspecified atom stereocenters. The van der Waals surface area contributed by atoms with E-state index in [1.165, 1.54) is 6.92 Å². The number of aryl methyl sites for hydroxylation is 1. The van der Waals surface area contributed by atoms with Gasteiger partial charge in [0.05, 0.1) is 40.6 Å². The molecule has 33 heavy (non-hydrogen) atoms. The summed E-state index contributed by atoms with van der Waals surface area (Å²) in [5, 5.41) is 13.9. The van der Waals surface area contributed by atoms with Crippen molar-refractivity contribution >= 4 is 11.5 Å². The van der Waals surface area contributed by atoms with Gasteiger partial charge < -0.3 is 34.1 Å². The summed E-state index contributed by atoms with van der Waals surface area (Å²) in [6, 6.07) is 1.67. The van der Waals surface area contributed by atoms with Crippen LogP contribution in [0.3, 0.4) is 0 Å². The zero-order valence-corrected chi connectivity index (χ0v) is 19.5. The number of hydrogen-bond acceptors (Lipinski definition) is 7. The Morgan fingerprint density at radius 3 is 2.58 bits per heavy atom. The first-order valence-corrected chi connectivity index (χ1v) is 11.1. The lowest BCUT2D eigenvalue weighted by Gasteiger charge is -2.22. The number of amides is 1. The van der Waals surface area contributed by atoms with Gasteiger partial charge in [-0.15, -0.1) is 0 Å². The number of carbonyl (C=O) groups excluding carboxylic acids is 1. The van der Waals surface area contributed by atoms with Gasteiger partial charge in [-0.1, -0.05) is 6.08 Å². The second-order valence-electron chi connectivity index (χ2n) is 8.29. The zero-order valence-electron chi connectivity index (χ0n) is 19.5. The van der Waals surface area contributed by atoms with Crippen molar-refractivity contribution in [3.05, 3.63) is 46.8 Å². The largest absolute Gasteiger partial charge is 0.493 e. The van der Waals surface area contributed by atoms with Crippen LogP contribution in [0.1, 0.15) is 30.9 Å². The van der Waals surface area contributed by atoms with Gasteiger partial charge in [-0.05, 0) is 47.8 Å². The Hall–Kier alpha value is -2.97. The maximum Gasteiger partial charge on any atom is 0.217 e. The van der Waals surface area contributed by atoms with Gasteiger partial charge in [-0.3, -0.25) is 4.79 Å². The first kappa shape index (κ1) is 23.2. The van der Waals surface area contributed by atoms with Crippen molar-refractivity contribution in [2.24, 2.45) is 0 Å². The Morgan fingerprint density at radius 1 is 1.15 bits per heavy atom. The Balaban J connectivity index is 1.92. The predicted octanol–water partition coefficient (Wildman–Crippen LogP) is 2.54. The molecule has 1 amide bonds. The normalized spacial score (nSPS) is 24.2. The molecule has 1 heterocycles. The molecule has 1 aromatic rings. The van der Waals surface area contributed by atoms with Crippen molar-refractivity contribution < 1.29 is 33.6 Å². The van der Waals surface area contributed by atoms with Crippen LogP contribution >= 0.6 is 0 Å². The maximum absolute atomic E-state index is 12.1. The van der Waals surface area contributed by atoms with E-state index in [4.69, 9.17) is 23.7 Å². The van der Waals surface area contributed by atoms with Crippen molar-refractivity contribution in [1.82, 2.24) is 5.32 Å². The molecule has 3 atom stereocenters. The highest BCUT2D eigenvalue weighted by Crippen LogP contribution is 2.48. The van der Waals surface area contributed by atoms with Crippen molar-refractivity contribution in [3.63, 3.8) is 0 Å². The molecule has 1 aliphatic heterocycles. The molecule has 0 spiro atoms. The highest BCUT2D eigenvalue weighted by Gasteiger charge is 2.32. The molecule has 3 aliphatic rings. The van der Waals surface area contributed by atoms with E-state index >= 15 is 0 Å². The lowest BCUT2D eigenvalue weighted by atomic mass is 9.93. The van der Waals surface area contributed by atoms with Gasteiger partial charge in [0.2, 0.25) is 11.7 Å². The summed E-state index contributed by atoms with van der Waals surface area (Å²) >= 11 is 0. The SMILES string of the molecule is COc1cc2c(c(OC)c1OC)C1=C(C=C(O[C@@H]3CCOC3)[C@@H](O)C=C1)[C@@H](NC(C)=O)CC2. The third-order valence-corrected chi connectivity index (χ3v) is 6.17. The van der Waals surface area contributed by atoms with E-state index in [0.717, 1.165) is 28.7 Å². The number of ether oxygens (including phenoxy) is 5. The van der Waals surface area contributed by atoms with E-state index in [1.807, 2.05) is 18.2 Å².